The van der Waals surface area contributed by atoms with Crippen LogP contribution in [-0.4, -0.2) is 16.6 Å². The fraction of sp³-hybridized carbons (Fsp3) is 0.700. The van der Waals surface area contributed by atoms with Crippen molar-refractivity contribution in [2.24, 2.45) is 5.92 Å². The number of hydrogen-bond acceptors (Lipinski definition) is 1. The SMILES string of the molecule is CC(C)=CCCC(C)CC(=O)O.O. The first-order valence-electron chi connectivity index (χ1n) is 4.37. The maximum Gasteiger partial charge on any atom is 0.303 e. The predicted molar refractivity (Wildman–Crippen MR) is 53.7 cm³/mol. The number of hydrogen-bond donors (Lipinski definition) is 1. The van der Waals surface area contributed by atoms with Crippen LogP contribution < -0.4 is 0 Å². The molecule has 13 heavy (non-hydrogen) atoms. The highest BCUT2D eigenvalue weighted by Gasteiger charge is 2.05. The Hall–Kier alpha value is -0.830. The summed E-state index contributed by atoms with van der Waals surface area (Å²) in [6.45, 7) is 6.09. The summed E-state index contributed by atoms with van der Waals surface area (Å²) in [5.74, 6) is -0.405. The second-order valence-electron chi connectivity index (χ2n) is 3.56. The molecule has 0 saturated heterocycles. The highest BCUT2D eigenvalue weighted by atomic mass is 16.4. The van der Waals surface area contributed by atoms with E-state index in [4.69, 9.17) is 5.11 Å². The maximum absolute atomic E-state index is 10.3. The van der Waals surface area contributed by atoms with E-state index in [9.17, 15) is 4.79 Å². The van der Waals surface area contributed by atoms with Crippen molar-refractivity contribution in [2.75, 3.05) is 0 Å². The molecular weight excluding hydrogens is 168 g/mol. The van der Waals surface area contributed by atoms with Crippen molar-refractivity contribution in [2.45, 2.75) is 40.0 Å². The minimum Gasteiger partial charge on any atom is -0.481 e. The van der Waals surface area contributed by atoms with E-state index in [0.29, 0.717) is 0 Å². The highest BCUT2D eigenvalue weighted by Crippen LogP contribution is 2.11. The normalized spacial score (nSPS) is 11.3. The Labute approximate surface area is 79.8 Å². The maximum atomic E-state index is 10.3. The third-order valence-electron chi connectivity index (χ3n) is 1.74. The Morgan fingerprint density at radius 3 is 2.38 bits per heavy atom. The molecule has 3 nitrogen and oxygen atoms in total. The van der Waals surface area contributed by atoms with Gasteiger partial charge in [-0.2, -0.15) is 0 Å². The zero-order valence-electron chi connectivity index (χ0n) is 8.63. The molecule has 0 aliphatic rings. The molecule has 0 spiro atoms. The minimum absolute atomic E-state index is 0. The zero-order valence-corrected chi connectivity index (χ0v) is 8.63. The average molecular weight is 188 g/mol. The molecule has 0 heterocycles. The number of allylic oxidation sites excluding steroid dienone is 2. The lowest BCUT2D eigenvalue weighted by atomic mass is 10.0. The Kier molecular flexibility index (Phi) is 8.81. The van der Waals surface area contributed by atoms with Crippen LogP contribution in [0.25, 0.3) is 0 Å². The van der Waals surface area contributed by atoms with E-state index in [1.807, 2.05) is 6.92 Å². The van der Waals surface area contributed by atoms with Gasteiger partial charge in [0.2, 0.25) is 0 Å². The van der Waals surface area contributed by atoms with E-state index < -0.39 is 5.97 Å². The minimum atomic E-state index is -0.695. The molecule has 0 fully saturated rings. The van der Waals surface area contributed by atoms with Gasteiger partial charge in [-0.15, -0.1) is 0 Å². The monoisotopic (exact) mass is 188 g/mol. The van der Waals surface area contributed by atoms with Crippen molar-refractivity contribution in [3.05, 3.63) is 11.6 Å². The lowest BCUT2D eigenvalue weighted by Gasteiger charge is -2.05. The summed E-state index contributed by atoms with van der Waals surface area (Å²) < 4.78 is 0. The van der Waals surface area contributed by atoms with Crippen LogP contribution in [0, 0.1) is 5.92 Å². The Bertz CT molecular complexity index is 169. The molecule has 0 aliphatic heterocycles. The molecule has 0 rings (SSSR count). The van der Waals surface area contributed by atoms with Crippen LogP contribution in [0.4, 0.5) is 0 Å². The second-order valence-corrected chi connectivity index (χ2v) is 3.56. The van der Waals surface area contributed by atoms with Gasteiger partial charge >= 0.3 is 5.97 Å². The lowest BCUT2D eigenvalue weighted by molar-refractivity contribution is -0.138. The van der Waals surface area contributed by atoms with Gasteiger partial charge in [0.25, 0.3) is 0 Å². The number of rotatable bonds is 5. The molecule has 0 aliphatic carbocycles. The largest absolute Gasteiger partial charge is 0.481 e. The van der Waals surface area contributed by atoms with E-state index in [-0.39, 0.29) is 17.8 Å². The van der Waals surface area contributed by atoms with Gasteiger partial charge in [0.05, 0.1) is 0 Å². The summed E-state index contributed by atoms with van der Waals surface area (Å²) in [7, 11) is 0. The number of carboxylic acids is 1. The topological polar surface area (TPSA) is 68.8 Å². The Morgan fingerprint density at radius 1 is 1.46 bits per heavy atom. The molecule has 0 bridgehead atoms. The van der Waals surface area contributed by atoms with Crippen LogP contribution in [0.5, 0.6) is 0 Å². The molecule has 1 unspecified atom stereocenters. The summed E-state index contributed by atoms with van der Waals surface area (Å²) in [5.41, 5.74) is 1.30. The van der Waals surface area contributed by atoms with E-state index in [1.165, 1.54) is 5.57 Å². The molecule has 3 N–H and O–H groups in total. The van der Waals surface area contributed by atoms with Crippen LogP contribution in [-0.2, 0) is 4.79 Å². The molecule has 0 radical (unpaired) electrons. The van der Waals surface area contributed by atoms with Gasteiger partial charge in [-0.05, 0) is 32.6 Å². The first-order chi connectivity index (χ1) is 5.52. The quantitative estimate of drug-likeness (QED) is 0.670. The molecule has 0 aromatic rings. The molecule has 3 heteroatoms. The predicted octanol–water partition coefficient (Wildman–Crippen LogP) is 2.02. The van der Waals surface area contributed by atoms with Crippen LogP contribution in [0.2, 0.25) is 0 Å². The van der Waals surface area contributed by atoms with Gasteiger partial charge in [0.1, 0.15) is 0 Å². The summed E-state index contributed by atoms with van der Waals surface area (Å²) in [6, 6.07) is 0. The fourth-order valence-electron chi connectivity index (χ4n) is 1.06. The van der Waals surface area contributed by atoms with Gasteiger partial charge in [-0.25, -0.2) is 0 Å². The van der Waals surface area contributed by atoms with Gasteiger partial charge in [-0.1, -0.05) is 18.6 Å². The molecule has 0 aromatic heterocycles. The Balaban J connectivity index is 0. The zero-order chi connectivity index (χ0) is 9.56. The number of carbonyl (C=O) groups is 1. The standard InChI is InChI=1S/C10H18O2.H2O/c1-8(2)5-4-6-9(3)7-10(11)12;/h5,9H,4,6-7H2,1-3H3,(H,11,12);1H2. The fourth-order valence-corrected chi connectivity index (χ4v) is 1.06. The third-order valence-corrected chi connectivity index (χ3v) is 1.74. The van der Waals surface area contributed by atoms with E-state index in [1.54, 1.807) is 0 Å². The van der Waals surface area contributed by atoms with Gasteiger partial charge < -0.3 is 10.6 Å². The number of carboxylic acid groups (broad SMARTS) is 1. The van der Waals surface area contributed by atoms with E-state index in [2.05, 4.69) is 19.9 Å². The highest BCUT2D eigenvalue weighted by molar-refractivity contribution is 5.66. The first kappa shape index (κ1) is 14.7. The first-order valence-corrected chi connectivity index (χ1v) is 4.37. The van der Waals surface area contributed by atoms with Crippen LogP contribution >= 0.6 is 0 Å². The van der Waals surface area contributed by atoms with Crippen LogP contribution in [0.1, 0.15) is 40.0 Å². The molecule has 0 saturated carbocycles. The summed E-state index contributed by atoms with van der Waals surface area (Å²) >= 11 is 0. The summed E-state index contributed by atoms with van der Waals surface area (Å²) in [5, 5.41) is 8.48. The summed E-state index contributed by atoms with van der Waals surface area (Å²) in [4.78, 5) is 10.3. The molecular formula is C10H20O3. The van der Waals surface area contributed by atoms with Crippen molar-refractivity contribution in [3.8, 4) is 0 Å². The number of aliphatic carboxylic acids is 1. The van der Waals surface area contributed by atoms with Crippen LogP contribution in [0.3, 0.4) is 0 Å². The average Bonchev–Trinajstić information content (AvgIpc) is 1.84. The van der Waals surface area contributed by atoms with Gasteiger partial charge in [0, 0.05) is 6.42 Å². The van der Waals surface area contributed by atoms with E-state index in [0.717, 1.165) is 12.8 Å². The molecule has 0 amide bonds. The van der Waals surface area contributed by atoms with Crippen molar-refractivity contribution >= 4 is 5.97 Å². The van der Waals surface area contributed by atoms with Gasteiger partial charge in [-0.3, -0.25) is 4.79 Å². The lowest BCUT2D eigenvalue weighted by Crippen LogP contribution is -2.03. The van der Waals surface area contributed by atoms with Crippen molar-refractivity contribution in [1.82, 2.24) is 0 Å². The molecule has 0 aromatic carbocycles. The molecule has 78 valence electrons. The van der Waals surface area contributed by atoms with Gasteiger partial charge in [0.15, 0.2) is 0 Å². The van der Waals surface area contributed by atoms with Crippen molar-refractivity contribution < 1.29 is 15.4 Å². The Morgan fingerprint density at radius 2 is 2.00 bits per heavy atom. The van der Waals surface area contributed by atoms with Crippen LogP contribution in [0.15, 0.2) is 11.6 Å². The smallest absolute Gasteiger partial charge is 0.303 e. The van der Waals surface area contributed by atoms with Crippen molar-refractivity contribution in [1.29, 1.82) is 0 Å². The molecule has 1 atom stereocenters. The van der Waals surface area contributed by atoms with E-state index >= 15 is 0 Å². The third kappa shape index (κ3) is 11.2. The second kappa shape index (κ2) is 7.80. The van der Waals surface area contributed by atoms with Crippen molar-refractivity contribution in [3.63, 3.8) is 0 Å². The summed E-state index contributed by atoms with van der Waals surface area (Å²) in [6.07, 6.45) is 4.41.